The van der Waals surface area contributed by atoms with Gasteiger partial charge in [0.05, 0.1) is 0 Å². The number of imidazole rings is 1. The molecule has 0 spiro atoms. The summed E-state index contributed by atoms with van der Waals surface area (Å²) in [5.74, 6) is 1.13. The van der Waals surface area contributed by atoms with Crippen molar-refractivity contribution in [2.45, 2.75) is 11.6 Å². The number of thioether (sulfide) groups is 1. The third-order valence-corrected chi connectivity index (χ3v) is 2.45. The van der Waals surface area contributed by atoms with Gasteiger partial charge < -0.3 is 9.88 Å². The topological polar surface area (TPSA) is 31.9 Å². The van der Waals surface area contributed by atoms with Crippen molar-refractivity contribution in [3.63, 3.8) is 0 Å². The van der Waals surface area contributed by atoms with E-state index in [0.717, 1.165) is 17.5 Å². The number of nitrogens with zero attached hydrogens (tertiary/aromatic N) is 2. The highest BCUT2D eigenvalue weighted by Gasteiger charge is 1.95. The van der Waals surface area contributed by atoms with Crippen LogP contribution in [0.4, 0.5) is 0 Å². The summed E-state index contributed by atoms with van der Waals surface area (Å²) in [6.07, 6.45) is 4.85. The normalized spacial score (nSPS) is 10.9. The maximum absolute atomic E-state index is 4.13. The van der Waals surface area contributed by atoms with Crippen molar-refractivity contribution in [1.29, 1.82) is 0 Å². The lowest BCUT2D eigenvalue weighted by Gasteiger charge is -2.07. The van der Waals surface area contributed by atoms with Crippen LogP contribution in [0.1, 0.15) is 6.42 Å². The van der Waals surface area contributed by atoms with Crippen LogP contribution in [0.3, 0.4) is 0 Å². The second-order valence-corrected chi connectivity index (χ2v) is 3.98. The van der Waals surface area contributed by atoms with Gasteiger partial charge in [-0.05, 0) is 27.1 Å². The summed E-state index contributed by atoms with van der Waals surface area (Å²) in [6.45, 7) is 1.15. The lowest BCUT2D eigenvalue weighted by molar-refractivity contribution is 0.410. The van der Waals surface area contributed by atoms with Crippen LogP contribution < -0.4 is 0 Å². The second kappa shape index (κ2) is 5.22. The van der Waals surface area contributed by atoms with Crippen molar-refractivity contribution in [1.82, 2.24) is 14.9 Å². The van der Waals surface area contributed by atoms with Crippen molar-refractivity contribution in [3.05, 3.63) is 12.4 Å². The van der Waals surface area contributed by atoms with Gasteiger partial charge in [-0.1, -0.05) is 11.8 Å². The van der Waals surface area contributed by atoms with E-state index in [1.807, 2.05) is 6.20 Å². The molecule has 0 fully saturated rings. The summed E-state index contributed by atoms with van der Waals surface area (Å²) in [7, 11) is 4.19. The van der Waals surface area contributed by atoms with E-state index in [2.05, 4.69) is 29.0 Å². The van der Waals surface area contributed by atoms with Gasteiger partial charge >= 0.3 is 0 Å². The molecule has 0 unspecified atom stereocenters. The Balaban J connectivity index is 2.04. The molecule has 0 saturated heterocycles. The van der Waals surface area contributed by atoms with E-state index in [0.29, 0.717) is 0 Å². The molecule has 68 valence electrons. The number of rotatable bonds is 5. The third-order valence-electron chi connectivity index (χ3n) is 1.46. The Hall–Kier alpha value is -0.480. The van der Waals surface area contributed by atoms with Crippen molar-refractivity contribution >= 4 is 11.8 Å². The molecule has 1 aromatic rings. The van der Waals surface area contributed by atoms with Gasteiger partial charge in [0.1, 0.15) is 0 Å². The van der Waals surface area contributed by atoms with Gasteiger partial charge in [-0.25, -0.2) is 4.98 Å². The molecule has 0 radical (unpaired) electrons. The number of hydrogen-bond donors (Lipinski definition) is 1. The summed E-state index contributed by atoms with van der Waals surface area (Å²) >= 11 is 1.78. The Morgan fingerprint density at radius 3 is 3.00 bits per heavy atom. The van der Waals surface area contributed by atoms with Gasteiger partial charge in [0.25, 0.3) is 0 Å². The first kappa shape index (κ1) is 9.61. The Morgan fingerprint density at radius 1 is 1.58 bits per heavy atom. The van der Waals surface area contributed by atoms with E-state index in [-0.39, 0.29) is 0 Å². The summed E-state index contributed by atoms with van der Waals surface area (Å²) in [5.41, 5.74) is 0. The number of aromatic nitrogens is 2. The first-order chi connectivity index (χ1) is 5.79. The predicted octanol–water partition coefficient (Wildman–Crippen LogP) is 1.45. The van der Waals surface area contributed by atoms with Crippen molar-refractivity contribution in [3.8, 4) is 0 Å². The molecule has 0 amide bonds. The van der Waals surface area contributed by atoms with E-state index < -0.39 is 0 Å². The second-order valence-electron chi connectivity index (χ2n) is 2.90. The molecular weight excluding hydrogens is 170 g/mol. The minimum atomic E-state index is 1.02. The van der Waals surface area contributed by atoms with E-state index in [1.54, 1.807) is 18.0 Å². The van der Waals surface area contributed by atoms with E-state index in [1.165, 1.54) is 6.42 Å². The predicted molar refractivity (Wildman–Crippen MR) is 52.5 cm³/mol. The molecule has 1 heterocycles. The molecule has 3 nitrogen and oxygen atoms in total. The summed E-state index contributed by atoms with van der Waals surface area (Å²) in [4.78, 5) is 9.39. The third kappa shape index (κ3) is 3.78. The molecule has 0 atom stereocenters. The first-order valence-electron chi connectivity index (χ1n) is 4.06. The van der Waals surface area contributed by atoms with Gasteiger partial charge in [0.2, 0.25) is 0 Å². The van der Waals surface area contributed by atoms with Crippen molar-refractivity contribution in [2.24, 2.45) is 0 Å². The minimum Gasteiger partial charge on any atom is -0.340 e. The SMILES string of the molecule is CN(C)CCCSc1ncc[nH]1. The highest BCUT2D eigenvalue weighted by atomic mass is 32.2. The zero-order valence-electron chi connectivity index (χ0n) is 7.58. The molecule has 0 aliphatic carbocycles. The average molecular weight is 185 g/mol. The fraction of sp³-hybridized carbons (Fsp3) is 0.625. The Morgan fingerprint density at radius 2 is 2.42 bits per heavy atom. The number of H-pyrrole nitrogens is 1. The molecule has 1 aromatic heterocycles. The van der Waals surface area contributed by atoms with Gasteiger partial charge in [-0.2, -0.15) is 0 Å². The minimum absolute atomic E-state index is 1.02. The van der Waals surface area contributed by atoms with Crippen LogP contribution in [0.15, 0.2) is 17.6 Å². The zero-order chi connectivity index (χ0) is 8.81. The van der Waals surface area contributed by atoms with Gasteiger partial charge in [0, 0.05) is 18.1 Å². The van der Waals surface area contributed by atoms with E-state index in [9.17, 15) is 0 Å². The zero-order valence-corrected chi connectivity index (χ0v) is 8.40. The van der Waals surface area contributed by atoms with Crippen LogP contribution in [0, 0.1) is 0 Å². The van der Waals surface area contributed by atoms with Gasteiger partial charge in [0.15, 0.2) is 5.16 Å². The molecule has 4 heteroatoms. The highest BCUT2D eigenvalue weighted by Crippen LogP contribution is 2.12. The first-order valence-corrected chi connectivity index (χ1v) is 5.04. The van der Waals surface area contributed by atoms with Crippen LogP contribution in [0.2, 0.25) is 0 Å². The quantitative estimate of drug-likeness (QED) is 0.556. The summed E-state index contributed by atoms with van der Waals surface area (Å²) in [6, 6.07) is 0. The van der Waals surface area contributed by atoms with E-state index >= 15 is 0 Å². The fourth-order valence-electron chi connectivity index (χ4n) is 0.879. The van der Waals surface area contributed by atoms with Crippen LogP contribution in [0.5, 0.6) is 0 Å². The average Bonchev–Trinajstić information content (AvgIpc) is 2.49. The monoisotopic (exact) mass is 185 g/mol. The largest absolute Gasteiger partial charge is 0.340 e. The molecule has 0 aliphatic rings. The Labute approximate surface area is 77.6 Å². The molecule has 1 rings (SSSR count). The molecule has 1 N–H and O–H groups in total. The molecule has 12 heavy (non-hydrogen) atoms. The molecular formula is C8H15N3S. The molecule has 0 saturated carbocycles. The van der Waals surface area contributed by atoms with Crippen molar-refractivity contribution in [2.75, 3.05) is 26.4 Å². The number of hydrogen-bond acceptors (Lipinski definition) is 3. The molecule has 0 aromatic carbocycles. The molecule has 0 bridgehead atoms. The summed E-state index contributed by atoms with van der Waals surface area (Å²) in [5, 5.41) is 1.02. The van der Waals surface area contributed by atoms with Crippen LogP contribution in [-0.2, 0) is 0 Å². The van der Waals surface area contributed by atoms with Crippen LogP contribution >= 0.6 is 11.8 Å². The maximum atomic E-state index is 4.13. The molecule has 0 aliphatic heterocycles. The van der Waals surface area contributed by atoms with E-state index in [4.69, 9.17) is 0 Å². The van der Waals surface area contributed by atoms with Crippen LogP contribution in [-0.4, -0.2) is 41.3 Å². The van der Waals surface area contributed by atoms with Gasteiger partial charge in [-0.3, -0.25) is 0 Å². The maximum Gasteiger partial charge on any atom is 0.165 e. The highest BCUT2D eigenvalue weighted by molar-refractivity contribution is 7.99. The van der Waals surface area contributed by atoms with Crippen LogP contribution in [0.25, 0.3) is 0 Å². The summed E-state index contributed by atoms with van der Waals surface area (Å²) < 4.78 is 0. The lowest BCUT2D eigenvalue weighted by atomic mass is 10.5. The lowest BCUT2D eigenvalue weighted by Crippen LogP contribution is -2.13. The smallest absolute Gasteiger partial charge is 0.165 e. The Kier molecular flexibility index (Phi) is 4.18. The number of aromatic amines is 1. The fourth-order valence-corrected chi connectivity index (χ4v) is 1.63. The Bertz CT molecular complexity index is 196. The van der Waals surface area contributed by atoms with Crippen molar-refractivity contribution < 1.29 is 0 Å². The standard InChI is InChI=1S/C8H15N3S/c1-11(2)6-3-7-12-8-9-4-5-10-8/h4-5H,3,6-7H2,1-2H3,(H,9,10). The number of nitrogens with one attached hydrogen (secondary N) is 1. The van der Waals surface area contributed by atoms with Gasteiger partial charge in [-0.15, -0.1) is 0 Å².